The molecule has 3 rings (SSSR count). The lowest BCUT2D eigenvalue weighted by atomic mass is 9.89. The summed E-state index contributed by atoms with van der Waals surface area (Å²) in [4.78, 5) is 2.51. The van der Waals surface area contributed by atoms with Crippen molar-refractivity contribution in [3.8, 4) is 5.75 Å². The molecule has 0 spiro atoms. The van der Waals surface area contributed by atoms with Crippen molar-refractivity contribution in [1.29, 1.82) is 0 Å². The first-order chi connectivity index (χ1) is 7.78. The smallest absolute Gasteiger partial charge is 0.115 e. The molecule has 3 heteroatoms. The summed E-state index contributed by atoms with van der Waals surface area (Å²) >= 11 is 0. The van der Waals surface area contributed by atoms with Crippen LogP contribution >= 0.6 is 0 Å². The Labute approximate surface area is 95.9 Å². The first-order valence-corrected chi connectivity index (χ1v) is 6.04. The van der Waals surface area contributed by atoms with Gasteiger partial charge in [-0.15, -0.1) is 0 Å². The summed E-state index contributed by atoms with van der Waals surface area (Å²) in [6.07, 6.45) is 2.65. The Morgan fingerprint density at radius 2 is 2.19 bits per heavy atom. The van der Waals surface area contributed by atoms with Crippen molar-refractivity contribution in [2.24, 2.45) is 5.73 Å². The first-order valence-electron chi connectivity index (χ1n) is 6.04. The quantitative estimate of drug-likeness (QED) is 0.789. The summed E-state index contributed by atoms with van der Waals surface area (Å²) in [5.41, 5.74) is 8.44. The van der Waals surface area contributed by atoms with Crippen molar-refractivity contribution < 1.29 is 5.11 Å². The number of nitrogens with zero attached hydrogens (tertiary/aromatic N) is 1. The van der Waals surface area contributed by atoms with Crippen molar-refractivity contribution in [1.82, 2.24) is 4.90 Å². The number of phenolic OH excluding ortho intramolecular Hbond substituents is 1. The summed E-state index contributed by atoms with van der Waals surface area (Å²) < 4.78 is 0. The van der Waals surface area contributed by atoms with Crippen LogP contribution in [0.15, 0.2) is 18.2 Å². The van der Waals surface area contributed by atoms with Crippen molar-refractivity contribution in [3.63, 3.8) is 0 Å². The third kappa shape index (κ3) is 1.70. The van der Waals surface area contributed by atoms with Gasteiger partial charge in [0.1, 0.15) is 5.75 Å². The molecular formula is C13H18N2O. The van der Waals surface area contributed by atoms with Gasteiger partial charge in [0.15, 0.2) is 0 Å². The van der Waals surface area contributed by atoms with Crippen LogP contribution in [0.4, 0.5) is 0 Å². The molecule has 2 aliphatic rings. The molecule has 1 aliphatic heterocycles. The van der Waals surface area contributed by atoms with E-state index in [1.165, 1.54) is 24.0 Å². The van der Waals surface area contributed by atoms with Crippen LogP contribution in [0.1, 0.15) is 29.9 Å². The molecule has 86 valence electrons. The van der Waals surface area contributed by atoms with Crippen LogP contribution in [0.2, 0.25) is 0 Å². The van der Waals surface area contributed by atoms with Gasteiger partial charge in [-0.2, -0.15) is 0 Å². The molecule has 0 saturated heterocycles. The van der Waals surface area contributed by atoms with E-state index in [0.717, 1.165) is 19.1 Å². The zero-order valence-corrected chi connectivity index (χ0v) is 9.39. The fourth-order valence-corrected chi connectivity index (χ4v) is 2.71. The molecule has 0 aromatic heterocycles. The summed E-state index contributed by atoms with van der Waals surface area (Å²) in [6, 6.07) is 6.47. The molecular weight excluding hydrogens is 200 g/mol. The minimum absolute atomic E-state index is 0.368. The molecule has 3 nitrogen and oxygen atoms in total. The minimum Gasteiger partial charge on any atom is -0.508 e. The maximum atomic E-state index is 9.54. The minimum atomic E-state index is 0.368. The van der Waals surface area contributed by atoms with Gasteiger partial charge >= 0.3 is 0 Å². The number of hydrogen-bond donors (Lipinski definition) is 2. The SMILES string of the molecule is NCC1CN(C2CC2)Cc2cc(O)ccc21. The molecule has 0 bridgehead atoms. The Bertz CT molecular complexity index is 401. The topological polar surface area (TPSA) is 49.5 Å². The monoisotopic (exact) mass is 218 g/mol. The Hall–Kier alpha value is -1.06. The van der Waals surface area contributed by atoms with E-state index in [9.17, 15) is 5.11 Å². The van der Waals surface area contributed by atoms with Gasteiger partial charge in [-0.25, -0.2) is 0 Å². The van der Waals surface area contributed by atoms with E-state index in [1.807, 2.05) is 12.1 Å². The van der Waals surface area contributed by atoms with Gasteiger partial charge in [0.2, 0.25) is 0 Å². The second-order valence-corrected chi connectivity index (χ2v) is 4.98. The zero-order chi connectivity index (χ0) is 11.1. The van der Waals surface area contributed by atoms with E-state index >= 15 is 0 Å². The highest BCUT2D eigenvalue weighted by Gasteiger charge is 2.34. The Morgan fingerprint density at radius 1 is 1.38 bits per heavy atom. The van der Waals surface area contributed by atoms with Gasteiger partial charge in [0, 0.05) is 31.6 Å². The Morgan fingerprint density at radius 3 is 2.88 bits per heavy atom. The Balaban J connectivity index is 1.94. The standard InChI is InChI=1S/C13H18N2O/c14-6-10-8-15(11-1-2-11)7-9-5-12(16)3-4-13(9)10/h3-5,10-11,16H,1-2,6-8,14H2. The molecule has 1 heterocycles. The van der Waals surface area contributed by atoms with Crippen LogP contribution in [-0.4, -0.2) is 29.1 Å². The van der Waals surface area contributed by atoms with Crippen LogP contribution in [-0.2, 0) is 6.54 Å². The second-order valence-electron chi connectivity index (χ2n) is 4.98. The van der Waals surface area contributed by atoms with Gasteiger partial charge in [-0.1, -0.05) is 6.07 Å². The predicted octanol–water partition coefficient (Wildman–Crippen LogP) is 1.41. The van der Waals surface area contributed by atoms with E-state index in [4.69, 9.17) is 5.73 Å². The van der Waals surface area contributed by atoms with Crippen molar-refractivity contribution in [2.45, 2.75) is 31.3 Å². The lowest BCUT2D eigenvalue weighted by molar-refractivity contribution is 0.221. The molecule has 1 atom stereocenters. The predicted molar refractivity (Wildman–Crippen MR) is 63.3 cm³/mol. The molecule has 3 N–H and O–H groups in total. The largest absolute Gasteiger partial charge is 0.508 e. The number of benzene rings is 1. The zero-order valence-electron chi connectivity index (χ0n) is 9.39. The van der Waals surface area contributed by atoms with Crippen LogP contribution in [0.25, 0.3) is 0 Å². The van der Waals surface area contributed by atoms with E-state index < -0.39 is 0 Å². The van der Waals surface area contributed by atoms with Crippen LogP contribution < -0.4 is 5.73 Å². The van der Waals surface area contributed by atoms with Crippen LogP contribution in [0.5, 0.6) is 5.75 Å². The molecule has 1 aromatic carbocycles. The number of rotatable bonds is 2. The number of aromatic hydroxyl groups is 1. The van der Waals surface area contributed by atoms with Gasteiger partial charge in [-0.05, 0) is 36.1 Å². The average molecular weight is 218 g/mol. The summed E-state index contributed by atoms with van der Waals surface area (Å²) in [7, 11) is 0. The molecule has 0 amide bonds. The number of fused-ring (bicyclic) bond motifs is 1. The first kappa shape index (κ1) is 10.1. The number of hydrogen-bond acceptors (Lipinski definition) is 3. The molecule has 1 saturated carbocycles. The number of phenols is 1. The number of nitrogens with two attached hydrogens (primary N) is 1. The van der Waals surface area contributed by atoms with Crippen molar-refractivity contribution in [2.75, 3.05) is 13.1 Å². The molecule has 1 aromatic rings. The van der Waals surface area contributed by atoms with Crippen LogP contribution in [0.3, 0.4) is 0 Å². The fourth-order valence-electron chi connectivity index (χ4n) is 2.71. The summed E-state index contributed by atoms with van der Waals surface area (Å²) in [5.74, 6) is 0.803. The van der Waals surface area contributed by atoms with E-state index in [-0.39, 0.29) is 0 Å². The maximum Gasteiger partial charge on any atom is 0.115 e. The third-order valence-corrected chi connectivity index (χ3v) is 3.74. The molecule has 16 heavy (non-hydrogen) atoms. The average Bonchev–Trinajstić information content (AvgIpc) is 3.10. The third-order valence-electron chi connectivity index (χ3n) is 3.74. The van der Waals surface area contributed by atoms with Gasteiger partial charge < -0.3 is 10.8 Å². The molecule has 1 aliphatic carbocycles. The highest BCUT2D eigenvalue weighted by Crippen LogP contribution is 2.36. The lowest BCUT2D eigenvalue weighted by Gasteiger charge is -2.34. The van der Waals surface area contributed by atoms with Gasteiger partial charge in [0.25, 0.3) is 0 Å². The molecule has 0 radical (unpaired) electrons. The summed E-state index contributed by atoms with van der Waals surface area (Å²) in [6.45, 7) is 2.75. The second kappa shape index (κ2) is 3.75. The van der Waals surface area contributed by atoms with Gasteiger partial charge in [-0.3, -0.25) is 4.90 Å². The van der Waals surface area contributed by atoms with Crippen LogP contribution in [0, 0.1) is 0 Å². The van der Waals surface area contributed by atoms with Crippen molar-refractivity contribution >= 4 is 0 Å². The van der Waals surface area contributed by atoms with E-state index in [1.54, 1.807) is 6.07 Å². The highest BCUT2D eigenvalue weighted by molar-refractivity contribution is 5.39. The van der Waals surface area contributed by atoms with E-state index in [0.29, 0.717) is 18.2 Å². The van der Waals surface area contributed by atoms with E-state index in [2.05, 4.69) is 4.90 Å². The lowest BCUT2D eigenvalue weighted by Crippen LogP contribution is -2.37. The highest BCUT2D eigenvalue weighted by atomic mass is 16.3. The fraction of sp³-hybridized carbons (Fsp3) is 0.538. The summed E-state index contributed by atoms with van der Waals surface area (Å²) in [5, 5.41) is 9.54. The maximum absolute atomic E-state index is 9.54. The van der Waals surface area contributed by atoms with Gasteiger partial charge in [0.05, 0.1) is 0 Å². The molecule has 1 fully saturated rings. The Kier molecular flexibility index (Phi) is 2.37. The normalized spacial score (nSPS) is 25.4. The molecule has 1 unspecified atom stereocenters. The van der Waals surface area contributed by atoms with Crippen molar-refractivity contribution in [3.05, 3.63) is 29.3 Å².